The molecule has 0 spiro atoms. The van der Waals surface area contributed by atoms with Gasteiger partial charge >= 0.3 is 5.97 Å². The van der Waals surface area contributed by atoms with Crippen LogP contribution in [0.1, 0.15) is 45.1 Å². The number of ether oxygens (including phenoxy) is 1. The van der Waals surface area contributed by atoms with E-state index in [0.29, 0.717) is 6.42 Å². The molecule has 0 heterocycles. The second-order valence-corrected chi connectivity index (χ2v) is 5.94. The number of aliphatic carboxylic acids is 1. The first-order chi connectivity index (χ1) is 10.3. The highest BCUT2D eigenvalue weighted by Crippen LogP contribution is 2.28. The largest absolute Gasteiger partial charge is 0.496 e. The van der Waals surface area contributed by atoms with Crippen molar-refractivity contribution in [2.75, 3.05) is 7.11 Å². The normalized spacial score (nSPS) is 13.5. The van der Waals surface area contributed by atoms with Gasteiger partial charge in [-0.05, 0) is 29.9 Å². The lowest BCUT2D eigenvalue weighted by atomic mass is 9.96. The molecule has 0 bridgehead atoms. The van der Waals surface area contributed by atoms with E-state index in [1.165, 1.54) is 0 Å². The van der Waals surface area contributed by atoms with Gasteiger partial charge in [-0.25, -0.2) is 4.79 Å². The number of carbonyl (C=O) groups excluding carboxylic acids is 1. The van der Waals surface area contributed by atoms with E-state index in [1.807, 2.05) is 45.0 Å². The molecule has 0 aliphatic carbocycles. The van der Waals surface area contributed by atoms with Gasteiger partial charge in [0, 0.05) is 6.42 Å². The summed E-state index contributed by atoms with van der Waals surface area (Å²) < 4.78 is 5.29. The van der Waals surface area contributed by atoms with Gasteiger partial charge in [0.2, 0.25) is 5.91 Å². The molecule has 5 nitrogen and oxygen atoms in total. The molecule has 0 aliphatic rings. The number of hydrogen-bond acceptors (Lipinski definition) is 3. The van der Waals surface area contributed by atoms with E-state index in [9.17, 15) is 9.59 Å². The van der Waals surface area contributed by atoms with E-state index in [1.54, 1.807) is 7.11 Å². The van der Waals surface area contributed by atoms with Crippen molar-refractivity contribution < 1.29 is 19.4 Å². The van der Waals surface area contributed by atoms with Crippen LogP contribution in [0.3, 0.4) is 0 Å². The summed E-state index contributed by atoms with van der Waals surface area (Å²) in [6.45, 7) is 5.79. The topological polar surface area (TPSA) is 75.6 Å². The van der Waals surface area contributed by atoms with E-state index in [0.717, 1.165) is 11.3 Å². The van der Waals surface area contributed by atoms with Gasteiger partial charge in [0.15, 0.2) is 0 Å². The Bertz CT molecular complexity index is 513. The Labute approximate surface area is 131 Å². The number of carboxylic acids is 1. The number of amides is 1. The van der Waals surface area contributed by atoms with E-state index in [4.69, 9.17) is 9.84 Å². The zero-order valence-corrected chi connectivity index (χ0v) is 13.6. The Hall–Kier alpha value is -2.04. The minimum atomic E-state index is -0.994. The van der Waals surface area contributed by atoms with Crippen LogP contribution in [0.5, 0.6) is 5.75 Å². The standard InChI is InChI=1S/C17H25NO4/c1-11(2)9-14(17(20)21)18-16(19)10-12(3)13-7-5-6-8-15(13)22-4/h5-8,11-12,14H,9-10H2,1-4H3,(H,18,19)(H,20,21)/t12?,14-/m1/s1. The maximum atomic E-state index is 12.1. The molecular formula is C17H25NO4. The Morgan fingerprint density at radius 1 is 1.23 bits per heavy atom. The third-order valence-electron chi connectivity index (χ3n) is 3.50. The predicted molar refractivity (Wildman–Crippen MR) is 85.0 cm³/mol. The summed E-state index contributed by atoms with van der Waals surface area (Å²) in [6, 6.07) is 6.70. The van der Waals surface area contributed by atoms with Crippen LogP contribution in [0.4, 0.5) is 0 Å². The van der Waals surface area contributed by atoms with Crippen LogP contribution in [0, 0.1) is 5.92 Å². The summed E-state index contributed by atoms with van der Waals surface area (Å²) in [5.74, 6) is -0.365. The first-order valence-electron chi connectivity index (χ1n) is 7.50. The van der Waals surface area contributed by atoms with Crippen LogP contribution in [0.15, 0.2) is 24.3 Å². The second-order valence-electron chi connectivity index (χ2n) is 5.94. The molecule has 1 amide bonds. The first kappa shape index (κ1) is 18.0. The molecule has 0 aliphatic heterocycles. The minimum absolute atomic E-state index is 0.0513. The van der Waals surface area contributed by atoms with Gasteiger partial charge in [-0.2, -0.15) is 0 Å². The highest BCUT2D eigenvalue weighted by atomic mass is 16.5. The monoisotopic (exact) mass is 307 g/mol. The van der Waals surface area contributed by atoms with E-state index in [-0.39, 0.29) is 24.2 Å². The molecule has 122 valence electrons. The number of nitrogens with one attached hydrogen (secondary N) is 1. The lowest BCUT2D eigenvalue weighted by molar-refractivity contribution is -0.142. The first-order valence-corrected chi connectivity index (χ1v) is 7.50. The lowest BCUT2D eigenvalue weighted by Crippen LogP contribution is -2.41. The minimum Gasteiger partial charge on any atom is -0.496 e. The van der Waals surface area contributed by atoms with Gasteiger partial charge in [-0.3, -0.25) is 4.79 Å². The third-order valence-corrected chi connectivity index (χ3v) is 3.50. The van der Waals surface area contributed by atoms with Gasteiger partial charge < -0.3 is 15.2 Å². The zero-order valence-electron chi connectivity index (χ0n) is 13.6. The molecule has 0 fully saturated rings. The van der Waals surface area contributed by atoms with Gasteiger partial charge in [0.1, 0.15) is 11.8 Å². The fraction of sp³-hybridized carbons (Fsp3) is 0.529. The highest BCUT2D eigenvalue weighted by molar-refractivity contribution is 5.84. The average Bonchev–Trinajstić information content (AvgIpc) is 2.45. The number of hydrogen-bond donors (Lipinski definition) is 2. The van der Waals surface area contributed by atoms with Crippen LogP contribution in [-0.2, 0) is 9.59 Å². The number of benzene rings is 1. The molecule has 1 aromatic carbocycles. The summed E-state index contributed by atoms with van der Waals surface area (Å²) in [5, 5.41) is 11.8. The SMILES string of the molecule is COc1ccccc1C(C)CC(=O)N[C@H](CC(C)C)C(=O)O. The third kappa shape index (κ3) is 5.39. The lowest BCUT2D eigenvalue weighted by Gasteiger charge is -2.19. The summed E-state index contributed by atoms with van der Waals surface area (Å²) in [4.78, 5) is 23.3. The molecule has 22 heavy (non-hydrogen) atoms. The fourth-order valence-electron chi connectivity index (χ4n) is 2.41. The van der Waals surface area contributed by atoms with Crippen LogP contribution >= 0.6 is 0 Å². The Balaban J connectivity index is 2.69. The summed E-state index contributed by atoms with van der Waals surface area (Å²) in [7, 11) is 1.59. The van der Waals surface area contributed by atoms with E-state index in [2.05, 4.69) is 5.32 Å². The number of carboxylic acid groups (broad SMARTS) is 1. The molecule has 0 saturated heterocycles. The zero-order chi connectivity index (χ0) is 16.7. The van der Waals surface area contributed by atoms with Crippen molar-refractivity contribution in [3.05, 3.63) is 29.8 Å². The van der Waals surface area contributed by atoms with Crippen molar-refractivity contribution >= 4 is 11.9 Å². The van der Waals surface area contributed by atoms with Crippen LogP contribution in [-0.4, -0.2) is 30.1 Å². The van der Waals surface area contributed by atoms with Gasteiger partial charge in [0.05, 0.1) is 7.11 Å². The quantitative estimate of drug-likeness (QED) is 0.774. The van der Waals surface area contributed by atoms with Gasteiger partial charge in [-0.1, -0.05) is 39.0 Å². The number of carbonyl (C=O) groups is 2. The molecule has 0 saturated carbocycles. The van der Waals surface area contributed by atoms with Crippen molar-refractivity contribution in [1.82, 2.24) is 5.32 Å². The van der Waals surface area contributed by atoms with Crippen molar-refractivity contribution in [2.45, 2.75) is 45.6 Å². The predicted octanol–water partition coefficient (Wildman–Crippen LogP) is 2.80. The molecule has 2 atom stereocenters. The average molecular weight is 307 g/mol. The second kappa shape index (κ2) is 8.41. The van der Waals surface area contributed by atoms with Crippen molar-refractivity contribution in [3.63, 3.8) is 0 Å². The van der Waals surface area contributed by atoms with E-state index < -0.39 is 12.0 Å². The maximum Gasteiger partial charge on any atom is 0.326 e. The van der Waals surface area contributed by atoms with E-state index >= 15 is 0 Å². The van der Waals surface area contributed by atoms with Crippen molar-refractivity contribution in [2.24, 2.45) is 5.92 Å². The summed E-state index contributed by atoms with van der Waals surface area (Å²) in [6.07, 6.45) is 0.645. The number of para-hydroxylation sites is 1. The van der Waals surface area contributed by atoms with Crippen LogP contribution in [0.2, 0.25) is 0 Å². The smallest absolute Gasteiger partial charge is 0.326 e. The highest BCUT2D eigenvalue weighted by Gasteiger charge is 2.22. The Kier molecular flexibility index (Phi) is 6.89. The molecule has 1 unspecified atom stereocenters. The molecule has 2 N–H and O–H groups in total. The Morgan fingerprint density at radius 2 is 1.86 bits per heavy atom. The fourth-order valence-corrected chi connectivity index (χ4v) is 2.41. The molecular weight excluding hydrogens is 282 g/mol. The van der Waals surface area contributed by atoms with Crippen LogP contribution < -0.4 is 10.1 Å². The molecule has 0 aromatic heterocycles. The number of rotatable bonds is 8. The van der Waals surface area contributed by atoms with Gasteiger partial charge in [0.25, 0.3) is 0 Å². The summed E-state index contributed by atoms with van der Waals surface area (Å²) >= 11 is 0. The molecule has 5 heteroatoms. The molecule has 0 radical (unpaired) electrons. The maximum absolute atomic E-state index is 12.1. The Morgan fingerprint density at radius 3 is 2.41 bits per heavy atom. The van der Waals surface area contributed by atoms with Gasteiger partial charge in [-0.15, -0.1) is 0 Å². The summed E-state index contributed by atoms with van der Waals surface area (Å²) in [5.41, 5.74) is 0.941. The van der Waals surface area contributed by atoms with Crippen molar-refractivity contribution in [1.29, 1.82) is 0 Å². The van der Waals surface area contributed by atoms with Crippen molar-refractivity contribution in [3.8, 4) is 5.75 Å². The molecule has 1 rings (SSSR count). The number of methoxy groups -OCH3 is 1. The molecule has 1 aromatic rings. The van der Waals surface area contributed by atoms with Crippen LogP contribution in [0.25, 0.3) is 0 Å².